The minimum atomic E-state index is -1.25. The maximum atomic E-state index is 14.4. The Balaban J connectivity index is 1.09. The zero-order chi connectivity index (χ0) is 26.6. The fraction of sp³-hybridized carbons (Fsp3) is 0.424. The molecule has 5 nitrogen and oxygen atoms in total. The van der Waals surface area contributed by atoms with Crippen LogP contribution in [0, 0.1) is 11.7 Å². The molecule has 2 heterocycles. The van der Waals surface area contributed by atoms with Crippen molar-refractivity contribution in [2.24, 2.45) is 5.92 Å². The first-order chi connectivity index (χ1) is 19.0. The lowest BCUT2D eigenvalue weighted by Crippen LogP contribution is -2.59. The first-order valence-corrected chi connectivity index (χ1v) is 14.3. The molecule has 2 aliphatic carbocycles. The highest BCUT2D eigenvalue weighted by Gasteiger charge is 2.50. The molecule has 4 aliphatic rings. The molecule has 1 amide bonds. The van der Waals surface area contributed by atoms with Gasteiger partial charge in [-0.05, 0) is 78.5 Å². The summed E-state index contributed by atoms with van der Waals surface area (Å²) in [7, 11) is 0. The summed E-state index contributed by atoms with van der Waals surface area (Å²) >= 11 is 0. The van der Waals surface area contributed by atoms with Gasteiger partial charge in [-0.15, -0.1) is 0 Å². The van der Waals surface area contributed by atoms with Gasteiger partial charge in [0.15, 0.2) is 0 Å². The van der Waals surface area contributed by atoms with Gasteiger partial charge in [-0.25, -0.2) is 9.18 Å². The molecule has 6 heteroatoms. The van der Waals surface area contributed by atoms with Crippen LogP contribution in [0.1, 0.15) is 67.6 Å². The topological polar surface area (TPSA) is 59.0 Å². The van der Waals surface area contributed by atoms with Gasteiger partial charge in [-0.2, -0.15) is 0 Å². The first-order valence-electron chi connectivity index (χ1n) is 14.3. The fourth-order valence-electron chi connectivity index (χ4n) is 7.10. The predicted octanol–water partition coefficient (Wildman–Crippen LogP) is 6.77. The first kappa shape index (κ1) is 24.6. The smallest absolute Gasteiger partial charge is 0.410 e. The summed E-state index contributed by atoms with van der Waals surface area (Å²) in [4.78, 5) is 15.4. The number of carbonyl (C=O) groups excluding carboxylic acids is 1. The minimum Gasteiger partial charge on any atom is -0.493 e. The van der Waals surface area contributed by atoms with Gasteiger partial charge in [0.05, 0.1) is 12.2 Å². The van der Waals surface area contributed by atoms with E-state index in [2.05, 4.69) is 24.3 Å². The average Bonchev–Trinajstić information content (AvgIpc) is 3.72. The third kappa shape index (κ3) is 4.49. The van der Waals surface area contributed by atoms with E-state index >= 15 is 0 Å². The summed E-state index contributed by atoms with van der Waals surface area (Å²) in [5.41, 5.74) is 4.02. The number of ether oxygens (including phenoxy) is 2. The molecule has 39 heavy (non-hydrogen) atoms. The van der Waals surface area contributed by atoms with Gasteiger partial charge < -0.3 is 19.5 Å². The van der Waals surface area contributed by atoms with Crippen molar-refractivity contribution >= 4 is 6.09 Å². The van der Waals surface area contributed by atoms with Gasteiger partial charge in [0.2, 0.25) is 0 Å². The van der Waals surface area contributed by atoms with Gasteiger partial charge >= 0.3 is 6.09 Å². The van der Waals surface area contributed by atoms with Crippen LogP contribution in [0.5, 0.6) is 5.75 Å². The van der Waals surface area contributed by atoms with Crippen molar-refractivity contribution in [2.45, 2.75) is 68.5 Å². The molecular weight excluding hydrogens is 493 g/mol. The monoisotopic (exact) mass is 527 g/mol. The maximum absolute atomic E-state index is 14.4. The van der Waals surface area contributed by atoms with Crippen molar-refractivity contribution in [1.29, 1.82) is 0 Å². The molecule has 3 fully saturated rings. The molecule has 2 saturated heterocycles. The number of nitrogens with zero attached hydrogens (tertiary/aromatic N) is 1. The molecule has 7 rings (SSSR count). The zero-order valence-corrected chi connectivity index (χ0v) is 22.0. The number of piperidine rings is 2. The van der Waals surface area contributed by atoms with E-state index in [0.717, 1.165) is 32.1 Å². The highest BCUT2D eigenvalue weighted by molar-refractivity contribution is 5.79. The number of carbonyl (C=O) groups is 1. The van der Waals surface area contributed by atoms with Gasteiger partial charge in [-0.1, -0.05) is 48.5 Å². The molecule has 2 bridgehead atoms. The molecule has 1 N–H and O–H groups in total. The van der Waals surface area contributed by atoms with E-state index < -0.39 is 5.60 Å². The summed E-state index contributed by atoms with van der Waals surface area (Å²) in [5, 5.41) is 11.9. The van der Waals surface area contributed by atoms with Gasteiger partial charge in [0.1, 0.15) is 18.2 Å². The largest absolute Gasteiger partial charge is 0.493 e. The summed E-state index contributed by atoms with van der Waals surface area (Å²) in [6, 6.07) is 20.7. The number of rotatable bonds is 6. The Morgan fingerprint density at radius 2 is 1.54 bits per heavy atom. The molecule has 0 radical (unpaired) electrons. The predicted molar refractivity (Wildman–Crippen MR) is 146 cm³/mol. The lowest BCUT2D eigenvalue weighted by atomic mass is 9.72. The quantitative estimate of drug-likeness (QED) is 0.384. The van der Waals surface area contributed by atoms with E-state index in [-0.39, 0.29) is 36.5 Å². The van der Waals surface area contributed by atoms with Crippen LogP contribution in [-0.4, -0.2) is 41.4 Å². The van der Waals surface area contributed by atoms with Gasteiger partial charge in [0.25, 0.3) is 0 Å². The van der Waals surface area contributed by atoms with Crippen LogP contribution in [0.15, 0.2) is 66.7 Å². The van der Waals surface area contributed by atoms with Crippen molar-refractivity contribution in [2.75, 3.05) is 13.2 Å². The minimum absolute atomic E-state index is 0.00128. The van der Waals surface area contributed by atoms with E-state index in [1.807, 2.05) is 29.2 Å². The van der Waals surface area contributed by atoms with Crippen molar-refractivity contribution < 1.29 is 23.8 Å². The fourth-order valence-corrected chi connectivity index (χ4v) is 7.10. The molecule has 0 spiro atoms. The Bertz CT molecular complexity index is 1340. The van der Waals surface area contributed by atoms with Crippen LogP contribution < -0.4 is 4.74 Å². The van der Waals surface area contributed by atoms with Crippen molar-refractivity contribution in [3.8, 4) is 16.9 Å². The number of fused-ring (bicyclic) bond motifs is 5. The van der Waals surface area contributed by atoms with Crippen LogP contribution >= 0.6 is 0 Å². The molecule has 3 aromatic carbocycles. The van der Waals surface area contributed by atoms with Crippen LogP contribution in [-0.2, 0) is 10.3 Å². The molecule has 2 atom stereocenters. The Hall–Kier alpha value is -3.38. The van der Waals surface area contributed by atoms with Crippen LogP contribution in [0.4, 0.5) is 9.18 Å². The third-order valence-electron chi connectivity index (χ3n) is 9.17. The van der Waals surface area contributed by atoms with E-state index in [1.165, 1.54) is 34.4 Å². The second kappa shape index (κ2) is 9.67. The Morgan fingerprint density at radius 3 is 2.18 bits per heavy atom. The Labute approximate surface area is 228 Å². The number of amides is 1. The van der Waals surface area contributed by atoms with E-state index in [1.54, 1.807) is 6.07 Å². The maximum Gasteiger partial charge on any atom is 0.410 e. The molecular formula is C33H34FNO4. The highest BCUT2D eigenvalue weighted by Crippen LogP contribution is 2.48. The van der Waals surface area contributed by atoms with Gasteiger partial charge in [0, 0.05) is 36.4 Å². The third-order valence-corrected chi connectivity index (χ3v) is 9.17. The lowest BCUT2D eigenvalue weighted by Gasteiger charge is -2.51. The standard InChI is InChI=1S/C33H34FNO4/c34-22-14-15-31(38-19-21-12-13-21)30(16-22)33(37)17-23-6-5-7-24(18-33)35(23)32(36)39-20-29-27-10-3-1-8-25(27)26-9-2-4-11-28(26)29/h1-4,8-11,14-16,21,23-24,29,37H,5-7,12-13,17-20H2. The zero-order valence-electron chi connectivity index (χ0n) is 22.0. The number of hydrogen-bond acceptors (Lipinski definition) is 4. The molecule has 202 valence electrons. The van der Waals surface area contributed by atoms with Gasteiger partial charge in [-0.3, -0.25) is 0 Å². The molecule has 3 aromatic rings. The molecule has 1 saturated carbocycles. The normalized spacial score (nSPS) is 25.6. The SMILES string of the molecule is O=C(OCC1c2ccccc2-c2ccccc21)N1C2CCCC1CC(O)(c1cc(F)ccc1OCC1CC1)C2. The molecule has 0 aromatic heterocycles. The summed E-state index contributed by atoms with van der Waals surface area (Å²) in [5.74, 6) is 0.716. The summed E-state index contributed by atoms with van der Waals surface area (Å²) in [6.45, 7) is 0.865. The number of benzene rings is 3. The van der Waals surface area contributed by atoms with Crippen LogP contribution in [0.3, 0.4) is 0 Å². The number of hydrogen-bond donors (Lipinski definition) is 1. The molecule has 2 aliphatic heterocycles. The van der Waals surface area contributed by atoms with E-state index in [4.69, 9.17) is 9.47 Å². The Morgan fingerprint density at radius 1 is 0.897 bits per heavy atom. The second-order valence-electron chi connectivity index (χ2n) is 11.8. The number of halogens is 1. The lowest BCUT2D eigenvalue weighted by molar-refractivity contribution is -0.0902. The van der Waals surface area contributed by atoms with Crippen molar-refractivity contribution in [1.82, 2.24) is 4.90 Å². The van der Waals surface area contributed by atoms with Crippen LogP contribution in [0.25, 0.3) is 11.1 Å². The Kier molecular flexibility index (Phi) is 6.11. The number of aliphatic hydroxyl groups is 1. The van der Waals surface area contributed by atoms with Crippen molar-refractivity contribution in [3.05, 3.63) is 89.2 Å². The van der Waals surface area contributed by atoms with E-state index in [0.29, 0.717) is 36.7 Å². The molecule has 2 unspecified atom stereocenters. The highest BCUT2D eigenvalue weighted by atomic mass is 19.1. The average molecular weight is 528 g/mol. The van der Waals surface area contributed by atoms with Crippen molar-refractivity contribution in [3.63, 3.8) is 0 Å². The van der Waals surface area contributed by atoms with E-state index in [9.17, 15) is 14.3 Å². The summed E-state index contributed by atoms with van der Waals surface area (Å²) < 4.78 is 26.5. The second-order valence-corrected chi connectivity index (χ2v) is 11.8. The summed E-state index contributed by atoms with van der Waals surface area (Å²) in [6.07, 6.45) is 5.24. The van der Waals surface area contributed by atoms with Crippen LogP contribution in [0.2, 0.25) is 0 Å².